The van der Waals surface area contributed by atoms with E-state index in [1.807, 2.05) is 0 Å². The number of anilines is 3. The van der Waals surface area contributed by atoms with Gasteiger partial charge in [0.25, 0.3) is 0 Å². The molecule has 2 N–H and O–H groups in total. The fraction of sp³-hybridized carbons (Fsp3) is 0.474. The zero-order valence-electron chi connectivity index (χ0n) is 17.2. The van der Waals surface area contributed by atoms with Crippen molar-refractivity contribution in [2.45, 2.75) is 27.7 Å². The van der Waals surface area contributed by atoms with Crippen molar-refractivity contribution < 1.29 is 14.3 Å². The average Bonchev–Trinajstić information content (AvgIpc) is 3.08. The molecule has 0 saturated carbocycles. The van der Waals surface area contributed by atoms with Crippen LogP contribution < -0.4 is 15.5 Å². The van der Waals surface area contributed by atoms with Crippen LogP contribution >= 0.6 is 22.9 Å². The van der Waals surface area contributed by atoms with E-state index in [1.54, 1.807) is 6.07 Å². The Hall–Kier alpha value is -2.39. The zero-order chi connectivity index (χ0) is 21.6. The van der Waals surface area contributed by atoms with Gasteiger partial charge in [0.1, 0.15) is 0 Å². The van der Waals surface area contributed by atoms with Crippen molar-refractivity contribution in [2.24, 2.45) is 11.8 Å². The largest absolute Gasteiger partial charge is 0.465 e. The summed E-state index contributed by atoms with van der Waals surface area (Å²) in [5.74, 6) is 0.363. The highest BCUT2D eigenvalue weighted by Crippen LogP contribution is 2.26. The predicted molar refractivity (Wildman–Crippen MR) is 117 cm³/mol. The van der Waals surface area contributed by atoms with Crippen LogP contribution in [-0.2, 0) is 4.74 Å². The van der Waals surface area contributed by atoms with E-state index < -0.39 is 12.0 Å². The smallest absolute Gasteiger partial charge is 0.339 e. The third-order valence-electron chi connectivity index (χ3n) is 3.71. The van der Waals surface area contributed by atoms with Gasteiger partial charge in [0, 0.05) is 18.1 Å². The first-order valence-corrected chi connectivity index (χ1v) is 10.4. The highest BCUT2D eigenvalue weighted by molar-refractivity contribution is 7.19. The first-order valence-electron chi connectivity index (χ1n) is 9.24. The molecule has 29 heavy (non-hydrogen) atoms. The minimum Gasteiger partial charge on any atom is -0.465 e. The van der Waals surface area contributed by atoms with Gasteiger partial charge >= 0.3 is 12.0 Å². The van der Waals surface area contributed by atoms with E-state index in [9.17, 15) is 9.59 Å². The van der Waals surface area contributed by atoms with Crippen LogP contribution in [0.2, 0.25) is 5.02 Å². The number of methoxy groups -OCH3 is 1. The Morgan fingerprint density at radius 1 is 1.14 bits per heavy atom. The molecule has 0 unspecified atom stereocenters. The molecular formula is C19H26ClN5O3S. The Morgan fingerprint density at radius 3 is 2.38 bits per heavy atom. The second-order valence-corrected chi connectivity index (χ2v) is 8.74. The zero-order valence-corrected chi connectivity index (χ0v) is 18.7. The van der Waals surface area contributed by atoms with Gasteiger partial charge in [-0.15, -0.1) is 10.2 Å². The summed E-state index contributed by atoms with van der Waals surface area (Å²) in [6, 6.07) is 3.96. The summed E-state index contributed by atoms with van der Waals surface area (Å²) in [5.41, 5.74) is 0.442. The fourth-order valence-electron chi connectivity index (χ4n) is 2.66. The number of benzene rings is 1. The van der Waals surface area contributed by atoms with Crippen molar-refractivity contribution in [3.05, 3.63) is 28.8 Å². The molecule has 0 aliphatic heterocycles. The number of amides is 2. The molecule has 1 heterocycles. The molecule has 0 aliphatic rings. The van der Waals surface area contributed by atoms with Crippen LogP contribution in [0.5, 0.6) is 0 Å². The van der Waals surface area contributed by atoms with Crippen molar-refractivity contribution in [1.29, 1.82) is 0 Å². The monoisotopic (exact) mass is 439 g/mol. The Bertz CT molecular complexity index is 846. The molecule has 0 spiro atoms. The van der Waals surface area contributed by atoms with Gasteiger partial charge in [-0.05, 0) is 30.0 Å². The molecule has 158 valence electrons. The van der Waals surface area contributed by atoms with Gasteiger partial charge in [0.2, 0.25) is 10.3 Å². The van der Waals surface area contributed by atoms with Crippen LogP contribution in [0.3, 0.4) is 0 Å². The number of aromatic nitrogens is 2. The summed E-state index contributed by atoms with van der Waals surface area (Å²) >= 11 is 7.28. The number of ether oxygens (including phenoxy) is 1. The first-order chi connectivity index (χ1) is 13.7. The topological polar surface area (TPSA) is 96.4 Å². The van der Waals surface area contributed by atoms with Gasteiger partial charge in [-0.3, -0.25) is 5.32 Å². The predicted octanol–water partition coefficient (Wildman–Crippen LogP) is 4.74. The average molecular weight is 440 g/mol. The summed E-state index contributed by atoms with van der Waals surface area (Å²) in [5, 5.41) is 15.0. The quantitative estimate of drug-likeness (QED) is 0.576. The lowest BCUT2D eigenvalue weighted by Gasteiger charge is -2.25. The Balaban J connectivity index is 2.11. The summed E-state index contributed by atoms with van der Waals surface area (Å²) in [7, 11) is 1.27. The SMILES string of the molecule is COC(=O)c1ccc(Cl)cc1NC(=O)Nc1nnc(N(CC(C)C)CC(C)C)s1. The molecule has 2 rings (SSSR count). The lowest BCUT2D eigenvalue weighted by atomic mass is 10.1. The molecule has 2 amide bonds. The van der Waals surface area contributed by atoms with E-state index in [4.69, 9.17) is 16.3 Å². The summed E-state index contributed by atoms with van der Waals surface area (Å²) in [4.78, 5) is 26.4. The van der Waals surface area contributed by atoms with Crippen LogP contribution in [0.4, 0.5) is 20.7 Å². The van der Waals surface area contributed by atoms with Gasteiger partial charge in [0.05, 0.1) is 18.4 Å². The number of rotatable bonds is 8. The summed E-state index contributed by atoms with van der Waals surface area (Å²) in [6.45, 7) is 10.3. The molecule has 0 saturated heterocycles. The number of carbonyl (C=O) groups excluding carboxylic acids is 2. The van der Waals surface area contributed by atoms with Gasteiger partial charge in [-0.1, -0.05) is 50.6 Å². The number of hydrogen-bond donors (Lipinski definition) is 2. The number of urea groups is 1. The molecule has 10 heteroatoms. The second kappa shape index (κ2) is 10.4. The van der Waals surface area contributed by atoms with Crippen molar-refractivity contribution in [2.75, 3.05) is 35.7 Å². The van der Waals surface area contributed by atoms with E-state index in [1.165, 1.54) is 30.6 Å². The van der Waals surface area contributed by atoms with E-state index in [0.717, 1.165) is 18.2 Å². The maximum atomic E-state index is 12.4. The minimum absolute atomic E-state index is 0.199. The van der Waals surface area contributed by atoms with E-state index in [-0.39, 0.29) is 11.3 Å². The molecule has 1 aromatic heterocycles. The van der Waals surface area contributed by atoms with Crippen molar-refractivity contribution >= 4 is 50.9 Å². The molecule has 1 aromatic carbocycles. The van der Waals surface area contributed by atoms with Crippen LogP contribution in [0.15, 0.2) is 18.2 Å². The van der Waals surface area contributed by atoms with Crippen molar-refractivity contribution in [3.8, 4) is 0 Å². The summed E-state index contributed by atoms with van der Waals surface area (Å²) < 4.78 is 4.73. The lowest BCUT2D eigenvalue weighted by Crippen LogP contribution is -2.31. The van der Waals surface area contributed by atoms with Gasteiger partial charge in [-0.2, -0.15) is 0 Å². The van der Waals surface area contributed by atoms with Crippen LogP contribution in [-0.4, -0.2) is 42.4 Å². The molecule has 0 bridgehead atoms. The molecule has 0 aliphatic carbocycles. The Morgan fingerprint density at radius 2 is 1.79 bits per heavy atom. The molecular weight excluding hydrogens is 414 g/mol. The highest BCUT2D eigenvalue weighted by atomic mass is 35.5. The Labute approximate surface area is 179 Å². The second-order valence-electron chi connectivity index (χ2n) is 7.34. The van der Waals surface area contributed by atoms with Gasteiger partial charge < -0.3 is 15.0 Å². The van der Waals surface area contributed by atoms with Crippen LogP contribution in [0.25, 0.3) is 0 Å². The normalized spacial score (nSPS) is 10.9. The van der Waals surface area contributed by atoms with Gasteiger partial charge in [0.15, 0.2) is 0 Å². The number of hydrogen-bond acceptors (Lipinski definition) is 7. The van der Waals surface area contributed by atoms with Crippen molar-refractivity contribution in [3.63, 3.8) is 0 Å². The lowest BCUT2D eigenvalue weighted by molar-refractivity contribution is 0.0602. The number of nitrogens with zero attached hydrogens (tertiary/aromatic N) is 3. The number of esters is 1. The molecule has 0 fully saturated rings. The summed E-state index contributed by atoms with van der Waals surface area (Å²) in [6.07, 6.45) is 0. The maximum Gasteiger partial charge on any atom is 0.339 e. The molecule has 2 aromatic rings. The molecule has 8 nitrogen and oxygen atoms in total. The third kappa shape index (κ3) is 6.86. The maximum absolute atomic E-state index is 12.4. The Kier molecular flexibility index (Phi) is 8.21. The van der Waals surface area contributed by atoms with Crippen LogP contribution in [0.1, 0.15) is 38.1 Å². The third-order valence-corrected chi connectivity index (χ3v) is 4.85. The van der Waals surface area contributed by atoms with Gasteiger partial charge in [-0.25, -0.2) is 9.59 Å². The van der Waals surface area contributed by atoms with E-state index in [2.05, 4.69) is 53.4 Å². The van der Waals surface area contributed by atoms with Crippen molar-refractivity contribution in [1.82, 2.24) is 10.2 Å². The number of nitrogens with one attached hydrogen (secondary N) is 2. The highest BCUT2D eigenvalue weighted by Gasteiger charge is 2.18. The van der Waals surface area contributed by atoms with E-state index >= 15 is 0 Å². The number of carbonyl (C=O) groups is 2. The van der Waals surface area contributed by atoms with E-state index in [0.29, 0.717) is 22.0 Å². The minimum atomic E-state index is -0.576. The van der Waals surface area contributed by atoms with Crippen LogP contribution in [0, 0.1) is 11.8 Å². The standard InChI is InChI=1S/C19H26ClN5O3S/c1-11(2)9-25(10-12(3)4)19-24-23-18(29-19)22-17(27)21-15-8-13(20)6-7-14(15)16(26)28-5/h6-8,11-12H,9-10H2,1-5H3,(H2,21,22,23,27). The molecule has 0 atom stereocenters. The number of halogens is 1. The molecule has 0 radical (unpaired) electrons. The first kappa shape index (κ1) is 22.9. The fourth-order valence-corrected chi connectivity index (χ4v) is 3.59.